The Morgan fingerprint density at radius 3 is 2.74 bits per heavy atom. The molecule has 0 aliphatic heterocycles. The average Bonchev–Trinajstić information content (AvgIpc) is 2.51. The summed E-state index contributed by atoms with van der Waals surface area (Å²) in [7, 11) is 0. The molecule has 6 heteroatoms. The van der Waals surface area contributed by atoms with Gasteiger partial charge in [0.2, 0.25) is 0 Å². The number of urea groups is 1. The molecule has 2 aromatic carbocycles. The lowest BCUT2D eigenvalue weighted by molar-refractivity contribution is 0.159. The summed E-state index contributed by atoms with van der Waals surface area (Å²) >= 11 is 11.8. The molecule has 0 aromatic heterocycles. The smallest absolute Gasteiger partial charge is 0.323 e. The molecule has 0 unspecified atom stereocenters. The predicted molar refractivity (Wildman–Crippen MR) is 93.6 cm³/mol. The molecule has 0 heterocycles. The van der Waals surface area contributed by atoms with E-state index in [9.17, 15) is 9.90 Å². The zero-order chi connectivity index (χ0) is 16.4. The van der Waals surface area contributed by atoms with Gasteiger partial charge in [0, 0.05) is 17.8 Å². The SMILES string of the molecule is O=C(Nc1ccc(Cl)c(Cl)c1)Nc1cccc2c1C[C@H](O)CC2. The third-order valence-electron chi connectivity index (χ3n) is 3.89. The number of aliphatic hydroxyl groups is 1. The molecule has 0 fully saturated rings. The molecule has 0 saturated carbocycles. The van der Waals surface area contributed by atoms with Crippen LogP contribution in [0.25, 0.3) is 0 Å². The van der Waals surface area contributed by atoms with Gasteiger partial charge in [0.1, 0.15) is 0 Å². The molecule has 0 radical (unpaired) electrons. The van der Waals surface area contributed by atoms with Crippen molar-refractivity contribution in [3.63, 3.8) is 0 Å². The fraction of sp³-hybridized carbons (Fsp3) is 0.235. The number of amides is 2. The van der Waals surface area contributed by atoms with Gasteiger partial charge in [-0.1, -0.05) is 35.3 Å². The van der Waals surface area contributed by atoms with Crippen molar-refractivity contribution in [1.29, 1.82) is 0 Å². The number of aliphatic hydroxyl groups excluding tert-OH is 1. The van der Waals surface area contributed by atoms with E-state index in [1.54, 1.807) is 18.2 Å². The van der Waals surface area contributed by atoms with Crippen molar-refractivity contribution in [2.24, 2.45) is 0 Å². The lowest BCUT2D eigenvalue weighted by Gasteiger charge is -2.23. The molecule has 1 aliphatic rings. The van der Waals surface area contributed by atoms with Crippen LogP contribution in [-0.4, -0.2) is 17.2 Å². The number of anilines is 2. The topological polar surface area (TPSA) is 61.4 Å². The fourth-order valence-corrected chi connectivity index (χ4v) is 3.04. The van der Waals surface area contributed by atoms with Crippen LogP contribution < -0.4 is 10.6 Å². The first-order chi connectivity index (χ1) is 11.0. The fourth-order valence-electron chi connectivity index (χ4n) is 2.75. The highest BCUT2D eigenvalue weighted by atomic mass is 35.5. The van der Waals surface area contributed by atoms with E-state index in [1.165, 1.54) is 5.56 Å². The normalized spacial score (nSPS) is 16.6. The zero-order valence-electron chi connectivity index (χ0n) is 12.3. The highest BCUT2D eigenvalue weighted by Gasteiger charge is 2.19. The monoisotopic (exact) mass is 350 g/mol. The van der Waals surface area contributed by atoms with Crippen LogP contribution in [0.3, 0.4) is 0 Å². The maximum atomic E-state index is 12.2. The van der Waals surface area contributed by atoms with E-state index in [1.807, 2.05) is 18.2 Å². The lowest BCUT2D eigenvalue weighted by atomic mass is 9.88. The van der Waals surface area contributed by atoms with Crippen molar-refractivity contribution in [3.05, 3.63) is 57.6 Å². The summed E-state index contributed by atoms with van der Waals surface area (Å²) in [5, 5.41) is 16.2. The summed E-state index contributed by atoms with van der Waals surface area (Å²) in [6.45, 7) is 0. The second kappa shape index (κ2) is 6.79. The second-order valence-electron chi connectivity index (χ2n) is 5.55. The summed E-state index contributed by atoms with van der Waals surface area (Å²) in [5.74, 6) is 0. The van der Waals surface area contributed by atoms with Gasteiger partial charge in [0.05, 0.1) is 16.1 Å². The molecule has 2 amide bonds. The molecule has 2 aromatic rings. The van der Waals surface area contributed by atoms with Crippen LogP contribution in [0.2, 0.25) is 10.0 Å². The molecule has 0 spiro atoms. The maximum Gasteiger partial charge on any atom is 0.323 e. The van der Waals surface area contributed by atoms with Gasteiger partial charge >= 0.3 is 6.03 Å². The number of hydrogen-bond acceptors (Lipinski definition) is 2. The van der Waals surface area contributed by atoms with Gasteiger partial charge in [-0.3, -0.25) is 0 Å². The maximum absolute atomic E-state index is 12.2. The number of carbonyl (C=O) groups is 1. The molecule has 23 heavy (non-hydrogen) atoms. The first-order valence-corrected chi connectivity index (χ1v) is 8.10. The Hall–Kier alpha value is -1.75. The molecule has 120 valence electrons. The van der Waals surface area contributed by atoms with Gasteiger partial charge in [0.15, 0.2) is 0 Å². The molecule has 1 aliphatic carbocycles. The molecular weight excluding hydrogens is 335 g/mol. The van der Waals surface area contributed by atoms with E-state index < -0.39 is 0 Å². The molecule has 0 saturated heterocycles. The minimum Gasteiger partial charge on any atom is -0.393 e. The zero-order valence-corrected chi connectivity index (χ0v) is 13.8. The summed E-state index contributed by atoms with van der Waals surface area (Å²) in [4.78, 5) is 12.2. The minimum absolute atomic E-state index is 0.358. The first kappa shape index (κ1) is 16.1. The van der Waals surface area contributed by atoms with Gasteiger partial charge in [-0.25, -0.2) is 4.79 Å². The Labute approximate surface area is 144 Å². The highest BCUT2D eigenvalue weighted by Crippen LogP contribution is 2.29. The molecule has 3 rings (SSSR count). The number of carbonyl (C=O) groups excluding carboxylic acids is 1. The number of halogens is 2. The summed E-state index contributed by atoms with van der Waals surface area (Å²) in [6, 6.07) is 10.3. The van der Waals surface area contributed by atoms with E-state index >= 15 is 0 Å². The van der Waals surface area contributed by atoms with E-state index in [-0.39, 0.29) is 12.1 Å². The molecule has 3 N–H and O–H groups in total. The van der Waals surface area contributed by atoms with Crippen LogP contribution in [0, 0.1) is 0 Å². The Balaban J connectivity index is 1.74. The molecule has 4 nitrogen and oxygen atoms in total. The van der Waals surface area contributed by atoms with Crippen molar-refractivity contribution in [2.75, 3.05) is 10.6 Å². The summed E-state index contributed by atoms with van der Waals surface area (Å²) in [5.41, 5.74) is 3.44. The first-order valence-electron chi connectivity index (χ1n) is 7.35. The van der Waals surface area contributed by atoms with Crippen LogP contribution in [-0.2, 0) is 12.8 Å². The van der Waals surface area contributed by atoms with Crippen molar-refractivity contribution in [2.45, 2.75) is 25.4 Å². The summed E-state index contributed by atoms with van der Waals surface area (Å²) in [6.07, 6.45) is 1.77. The van der Waals surface area contributed by atoms with Gasteiger partial charge < -0.3 is 15.7 Å². The number of hydrogen-bond donors (Lipinski definition) is 3. The van der Waals surface area contributed by atoms with E-state index in [4.69, 9.17) is 23.2 Å². The largest absolute Gasteiger partial charge is 0.393 e. The van der Waals surface area contributed by atoms with E-state index in [0.717, 1.165) is 24.1 Å². The van der Waals surface area contributed by atoms with Crippen LogP contribution in [0.4, 0.5) is 16.2 Å². The minimum atomic E-state index is -0.364. The van der Waals surface area contributed by atoms with Gasteiger partial charge in [-0.2, -0.15) is 0 Å². The van der Waals surface area contributed by atoms with E-state index in [2.05, 4.69) is 10.6 Å². The molecule has 1 atom stereocenters. The second-order valence-corrected chi connectivity index (χ2v) is 6.36. The Morgan fingerprint density at radius 2 is 1.96 bits per heavy atom. The quantitative estimate of drug-likeness (QED) is 0.747. The molecule has 0 bridgehead atoms. The Bertz CT molecular complexity index is 749. The van der Waals surface area contributed by atoms with Crippen LogP contribution in [0.5, 0.6) is 0 Å². The van der Waals surface area contributed by atoms with Crippen molar-refractivity contribution >= 4 is 40.6 Å². The Morgan fingerprint density at radius 1 is 1.13 bits per heavy atom. The number of rotatable bonds is 2. The number of nitrogens with one attached hydrogen (secondary N) is 2. The van der Waals surface area contributed by atoms with Gasteiger partial charge in [-0.05, 0) is 48.2 Å². The predicted octanol–water partition coefficient (Wildman–Crippen LogP) is 4.49. The van der Waals surface area contributed by atoms with Crippen LogP contribution in [0.15, 0.2) is 36.4 Å². The van der Waals surface area contributed by atoms with Crippen molar-refractivity contribution < 1.29 is 9.90 Å². The number of benzene rings is 2. The Kier molecular flexibility index (Phi) is 4.76. The average molecular weight is 351 g/mol. The van der Waals surface area contributed by atoms with Gasteiger partial charge in [0.25, 0.3) is 0 Å². The highest BCUT2D eigenvalue weighted by molar-refractivity contribution is 6.42. The van der Waals surface area contributed by atoms with Crippen molar-refractivity contribution in [3.8, 4) is 0 Å². The van der Waals surface area contributed by atoms with Gasteiger partial charge in [-0.15, -0.1) is 0 Å². The number of aryl methyl sites for hydroxylation is 1. The summed E-state index contributed by atoms with van der Waals surface area (Å²) < 4.78 is 0. The lowest BCUT2D eigenvalue weighted by Crippen LogP contribution is -2.24. The molecular formula is C17H16Cl2N2O2. The number of fused-ring (bicyclic) bond motifs is 1. The van der Waals surface area contributed by atoms with Crippen LogP contribution in [0.1, 0.15) is 17.5 Å². The van der Waals surface area contributed by atoms with Crippen molar-refractivity contribution in [1.82, 2.24) is 0 Å². The third-order valence-corrected chi connectivity index (χ3v) is 4.62. The standard InChI is InChI=1S/C17H16Cl2N2O2/c18-14-7-5-11(8-15(14)19)20-17(23)21-16-3-1-2-10-4-6-12(22)9-13(10)16/h1-3,5,7-8,12,22H,4,6,9H2,(H2,20,21,23)/t12-/m1/s1. The third kappa shape index (κ3) is 3.78. The van der Waals surface area contributed by atoms with Crippen LogP contribution >= 0.6 is 23.2 Å². The van der Waals surface area contributed by atoms with E-state index in [0.29, 0.717) is 22.2 Å².